The average molecular weight is 252 g/mol. The first-order valence-electron chi connectivity index (χ1n) is 6.44. The van der Waals surface area contributed by atoms with Gasteiger partial charge in [-0.25, -0.2) is 8.78 Å². The molecule has 18 heavy (non-hydrogen) atoms. The van der Waals surface area contributed by atoms with E-state index in [4.69, 9.17) is 0 Å². The molecule has 1 nitrogen and oxygen atoms in total. The first kappa shape index (κ1) is 13.2. The Bertz CT molecular complexity index is 474. The van der Waals surface area contributed by atoms with E-state index in [-0.39, 0.29) is 11.3 Å². The smallest absolute Gasteiger partial charge is 0.171 e. The number of hydrogen-bond donors (Lipinski definition) is 0. The number of benzene rings is 1. The zero-order chi connectivity index (χ0) is 13.3. The van der Waals surface area contributed by atoms with Gasteiger partial charge in [0.25, 0.3) is 0 Å². The molecule has 0 atom stereocenters. The summed E-state index contributed by atoms with van der Waals surface area (Å²) in [4.78, 5) is 12.4. The van der Waals surface area contributed by atoms with E-state index in [1.54, 1.807) is 6.92 Å². The fourth-order valence-corrected chi connectivity index (χ4v) is 2.72. The van der Waals surface area contributed by atoms with Crippen molar-refractivity contribution < 1.29 is 13.6 Å². The van der Waals surface area contributed by atoms with E-state index in [0.717, 1.165) is 38.2 Å². The molecular weight excluding hydrogens is 234 g/mol. The van der Waals surface area contributed by atoms with Crippen LogP contribution in [0.1, 0.15) is 54.9 Å². The summed E-state index contributed by atoms with van der Waals surface area (Å²) in [6.07, 6.45) is 4.73. The second-order valence-corrected chi connectivity index (χ2v) is 5.53. The lowest BCUT2D eigenvalue weighted by Crippen LogP contribution is -2.31. The Morgan fingerprint density at radius 2 is 1.72 bits per heavy atom. The Hall–Kier alpha value is -1.25. The fraction of sp³-hybridized carbons (Fsp3) is 0.533. The van der Waals surface area contributed by atoms with Crippen LogP contribution in [0.3, 0.4) is 0 Å². The van der Waals surface area contributed by atoms with Crippen molar-refractivity contribution in [3.63, 3.8) is 0 Å². The zero-order valence-corrected chi connectivity index (χ0v) is 10.9. The van der Waals surface area contributed by atoms with E-state index in [1.165, 1.54) is 6.07 Å². The number of halogens is 2. The highest BCUT2D eigenvalue weighted by Crippen LogP contribution is 2.39. The van der Waals surface area contributed by atoms with Crippen molar-refractivity contribution in [2.45, 2.75) is 46.0 Å². The molecule has 0 saturated heterocycles. The second-order valence-electron chi connectivity index (χ2n) is 5.53. The van der Waals surface area contributed by atoms with Gasteiger partial charge in [0, 0.05) is 11.5 Å². The minimum atomic E-state index is -0.741. The van der Waals surface area contributed by atoms with E-state index >= 15 is 0 Å². The van der Waals surface area contributed by atoms with E-state index in [9.17, 15) is 13.6 Å². The quantitative estimate of drug-likeness (QED) is 0.712. The lowest BCUT2D eigenvalue weighted by Gasteiger charge is -2.32. The minimum Gasteiger partial charge on any atom is -0.293 e. The molecule has 0 radical (unpaired) electrons. The molecule has 0 spiro atoms. The summed E-state index contributed by atoms with van der Waals surface area (Å²) in [6, 6.07) is 2.15. The molecule has 1 fully saturated rings. The lowest BCUT2D eigenvalue weighted by molar-refractivity contribution is 0.0744. The molecule has 1 aromatic carbocycles. The van der Waals surface area contributed by atoms with Gasteiger partial charge in [-0.3, -0.25) is 4.79 Å². The van der Waals surface area contributed by atoms with Gasteiger partial charge in [-0.05, 0) is 31.4 Å². The van der Waals surface area contributed by atoms with Gasteiger partial charge in [0.05, 0.1) is 5.56 Å². The van der Waals surface area contributed by atoms with Crippen LogP contribution in [0.2, 0.25) is 0 Å². The van der Waals surface area contributed by atoms with Gasteiger partial charge in [-0.2, -0.15) is 0 Å². The van der Waals surface area contributed by atoms with Gasteiger partial charge in [0.15, 0.2) is 5.78 Å². The summed E-state index contributed by atoms with van der Waals surface area (Å²) in [5.41, 5.74) is -0.124. The van der Waals surface area contributed by atoms with Crippen LogP contribution in [-0.2, 0) is 0 Å². The highest BCUT2D eigenvalue weighted by molar-refractivity contribution is 6.00. The molecule has 98 valence electrons. The molecule has 1 saturated carbocycles. The molecule has 0 aliphatic heterocycles. The van der Waals surface area contributed by atoms with Crippen LogP contribution in [0.4, 0.5) is 8.78 Å². The van der Waals surface area contributed by atoms with Crippen LogP contribution in [0.25, 0.3) is 0 Å². The minimum absolute atomic E-state index is 0.0401. The maximum atomic E-state index is 13.7. The summed E-state index contributed by atoms with van der Waals surface area (Å²) in [6.45, 7) is 3.45. The highest BCUT2D eigenvalue weighted by atomic mass is 19.1. The monoisotopic (exact) mass is 252 g/mol. The molecule has 1 aliphatic carbocycles. The van der Waals surface area contributed by atoms with E-state index in [2.05, 4.69) is 0 Å². The molecule has 1 aliphatic rings. The summed E-state index contributed by atoms with van der Waals surface area (Å²) in [5, 5.41) is 0. The Morgan fingerprint density at radius 3 is 2.33 bits per heavy atom. The van der Waals surface area contributed by atoms with Gasteiger partial charge in [0.1, 0.15) is 11.6 Å². The number of hydrogen-bond acceptors (Lipinski definition) is 1. The molecule has 0 bridgehead atoms. The molecule has 0 heterocycles. The van der Waals surface area contributed by atoms with Crippen molar-refractivity contribution >= 4 is 5.78 Å². The van der Waals surface area contributed by atoms with Gasteiger partial charge >= 0.3 is 0 Å². The zero-order valence-electron chi connectivity index (χ0n) is 10.9. The predicted molar refractivity (Wildman–Crippen MR) is 66.6 cm³/mol. The number of Topliss-reactive ketones (excluding diaryl/α,β-unsaturated/α-hetero) is 1. The van der Waals surface area contributed by atoms with Gasteiger partial charge in [-0.1, -0.05) is 26.2 Å². The summed E-state index contributed by atoms with van der Waals surface area (Å²) in [7, 11) is 0. The van der Waals surface area contributed by atoms with E-state index in [1.807, 2.05) is 6.92 Å². The van der Waals surface area contributed by atoms with Crippen molar-refractivity contribution in [2.75, 3.05) is 0 Å². The van der Waals surface area contributed by atoms with Crippen LogP contribution in [-0.4, -0.2) is 5.78 Å². The molecule has 0 unspecified atom stereocenters. The Labute approximate surface area is 106 Å². The Morgan fingerprint density at radius 1 is 1.11 bits per heavy atom. The molecule has 0 N–H and O–H groups in total. The van der Waals surface area contributed by atoms with E-state index < -0.39 is 17.0 Å². The average Bonchev–Trinajstić information content (AvgIpc) is 2.34. The molecule has 1 aromatic rings. The number of ketones is 1. The van der Waals surface area contributed by atoms with Crippen LogP contribution in [0.5, 0.6) is 0 Å². The van der Waals surface area contributed by atoms with Crippen LogP contribution >= 0.6 is 0 Å². The second kappa shape index (κ2) is 4.79. The molecule has 0 aromatic heterocycles. The predicted octanol–water partition coefficient (Wildman–Crippen LogP) is 4.43. The maximum absolute atomic E-state index is 13.7. The first-order chi connectivity index (χ1) is 8.44. The number of carbonyl (C=O) groups excluding carboxylic acids is 1. The number of carbonyl (C=O) groups is 1. The SMILES string of the molecule is Cc1cc(C(=O)C2(C)CCCCC2)c(F)cc1F. The number of rotatable bonds is 2. The number of aryl methyl sites for hydroxylation is 1. The van der Waals surface area contributed by atoms with Crippen LogP contribution in [0, 0.1) is 24.0 Å². The maximum Gasteiger partial charge on any atom is 0.171 e. The van der Waals surface area contributed by atoms with Gasteiger partial charge in [0.2, 0.25) is 0 Å². The molecular formula is C15H18F2O. The molecule has 3 heteroatoms. The normalized spacial score (nSPS) is 18.7. The summed E-state index contributed by atoms with van der Waals surface area (Å²) >= 11 is 0. The molecule has 0 amide bonds. The fourth-order valence-electron chi connectivity index (χ4n) is 2.72. The first-order valence-corrected chi connectivity index (χ1v) is 6.44. The largest absolute Gasteiger partial charge is 0.293 e. The van der Waals surface area contributed by atoms with Crippen molar-refractivity contribution in [1.82, 2.24) is 0 Å². The highest BCUT2D eigenvalue weighted by Gasteiger charge is 2.36. The standard InChI is InChI=1S/C15H18F2O/c1-10-8-11(13(17)9-12(10)16)14(18)15(2)6-4-3-5-7-15/h8-9H,3-7H2,1-2H3. The van der Waals surface area contributed by atoms with Gasteiger partial charge < -0.3 is 0 Å². The van der Waals surface area contributed by atoms with Crippen molar-refractivity contribution in [1.29, 1.82) is 0 Å². The topological polar surface area (TPSA) is 17.1 Å². The van der Waals surface area contributed by atoms with Crippen LogP contribution < -0.4 is 0 Å². The lowest BCUT2D eigenvalue weighted by atomic mass is 9.71. The summed E-state index contributed by atoms with van der Waals surface area (Å²) < 4.78 is 27.0. The molecule has 2 rings (SSSR count). The van der Waals surface area contributed by atoms with E-state index in [0.29, 0.717) is 5.56 Å². The van der Waals surface area contributed by atoms with Crippen LogP contribution in [0.15, 0.2) is 12.1 Å². The third-order valence-electron chi connectivity index (χ3n) is 4.00. The Balaban J connectivity index is 2.36. The van der Waals surface area contributed by atoms with Gasteiger partial charge in [-0.15, -0.1) is 0 Å². The van der Waals surface area contributed by atoms with Crippen molar-refractivity contribution in [3.05, 3.63) is 34.9 Å². The third-order valence-corrected chi connectivity index (χ3v) is 4.00. The summed E-state index contributed by atoms with van der Waals surface area (Å²) in [5.74, 6) is -1.52. The van der Waals surface area contributed by atoms with Crippen molar-refractivity contribution in [2.24, 2.45) is 5.41 Å². The van der Waals surface area contributed by atoms with Crippen molar-refractivity contribution in [3.8, 4) is 0 Å². The Kier molecular flexibility index (Phi) is 3.51. The third kappa shape index (κ3) is 2.31.